The molecule has 0 radical (unpaired) electrons. The first kappa shape index (κ1) is 22.2. The van der Waals surface area contributed by atoms with Gasteiger partial charge in [-0.1, -0.05) is 0 Å². The van der Waals surface area contributed by atoms with E-state index in [0.717, 1.165) is 24.3 Å². The molecule has 0 amide bonds. The molecule has 1 aliphatic carbocycles. The van der Waals surface area contributed by atoms with Gasteiger partial charge in [-0.05, 0) is 40.2 Å². The Hall–Kier alpha value is -1.12. The molecule has 0 unspecified atom stereocenters. The second kappa shape index (κ2) is 7.04. The predicted molar refractivity (Wildman–Crippen MR) is 91.5 cm³/mol. The minimum absolute atomic E-state index is 0. The van der Waals surface area contributed by atoms with Gasteiger partial charge in [0.1, 0.15) is 4.90 Å². The van der Waals surface area contributed by atoms with Crippen molar-refractivity contribution in [2.45, 2.75) is 9.79 Å². The van der Waals surface area contributed by atoms with Crippen LogP contribution in [0.5, 0.6) is 0 Å². The van der Waals surface area contributed by atoms with Crippen LogP contribution in [0.3, 0.4) is 0 Å². The van der Waals surface area contributed by atoms with Gasteiger partial charge >= 0.3 is 29.6 Å². The van der Waals surface area contributed by atoms with Crippen LogP contribution in [0.1, 0.15) is 31.8 Å². The molecular weight excluding hydrogens is 477 g/mol. The van der Waals surface area contributed by atoms with Gasteiger partial charge in [-0.2, -0.15) is 16.8 Å². The molecule has 0 fully saturated rings. The second-order valence-electron chi connectivity index (χ2n) is 5.34. The minimum Gasteiger partial charge on any atom is -0.397 e. The van der Waals surface area contributed by atoms with Gasteiger partial charge in [-0.15, -0.1) is 0 Å². The predicted octanol–water partition coefficient (Wildman–Crippen LogP) is -1.70. The van der Waals surface area contributed by atoms with Crippen LogP contribution >= 0.6 is 15.9 Å². The average Bonchev–Trinajstić information content (AvgIpc) is 2.51. The molecule has 4 N–H and O–H groups in total. The van der Waals surface area contributed by atoms with E-state index in [0.29, 0.717) is 0 Å². The van der Waals surface area contributed by atoms with Crippen LogP contribution in [-0.4, -0.2) is 37.5 Å². The maximum absolute atomic E-state index is 12.7. The Labute approximate surface area is 183 Å². The van der Waals surface area contributed by atoms with Gasteiger partial charge in [0.25, 0.3) is 20.2 Å². The maximum Gasteiger partial charge on any atom is 1.00 e. The summed E-state index contributed by atoms with van der Waals surface area (Å²) in [6, 6.07) is 3.64. The van der Waals surface area contributed by atoms with Gasteiger partial charge in [0, 0.05) is 15.6 Å². The van der Waals surface area contributed by atoms with Crippen molar-refractivity contribution >= 4 is 53.4 Å². The zero-order chi connectivity index (χ0) is 19.6. The van der Waals surface area contributed by atoms with Crippen molar-refractivity contribution in [2.75, 3.05) is 5.73 Å². The number of nitrogen functional groups attached to an aromatic ring is 1. The molecule has 0 aromatic heterocycles. The largest absolute Gasteiger partial charge is 1.00 e. The molecular formula is C14H8BrNNaO8S2+. The van der Waals surface area contributed by atoms with Gasteiger partial charge in [0.15, 0.2) is 11.6 Å². The Morgan fingerprint density at radius 2 is 1.41 bits per heavy atom. The monoisotopic (exact) mass is 484 g/mol. The standard InChI is InChI=1S/C14H8BrNO8S2.Na/c15-8-4-9(26(22,23)24)12(16)11-10(8)14(18)7-3-5(25(19,20)21)1-2-6(7)13(11)17;/h1-4H,16H2,(H,19,20,21)(H,22,23,24);/q;+1. The molecule has 0 saturated heterocycles. The molecule has 2 aromatic carbocycles. The third kappa shape index (κ3) is 3.63. The molecule has 136 valence electrons. The van der Waals surface area contributed by atoms with E-state index in [-0.39, 0.29) is 50.7 Å². The smallest absolute Gasteiger partial charge is 0.397 e. The van der Waals surface area contributed by atoms with Crippen molar-refractivity contribution in [2.24, 2.45) is 0 Å². The van der Waals surface area contributed by atoms with E-state index in [4.69, 9.17) is 10.3 Å². The third-order valence-corrected chi connectivity index (χ3v) is 6.16. The summed E-state index contributed by atoms with van der Waals surface area (Å²) in [6.45, 7) is 0. The zero-order valence-electron chi connectivity index (χ0n) is 13.4. The van der Waals surface area contributed by atoms with E-state index in [9.17, 15) is 31.0 Å². The Bertz CT molecular complexity index is 1240. The Balaban J connectivity index is 0.00000261. The number of hydrogen-bond donors (Lipinski definition) is 3. The van der Waals surface area contributed by atoms with Gasteiger partial charge in [0.2, 0.25) is 0 Å². The molecule has 3 rings (SSSR count). The van der Waals surface area contributed by atoms with Gasteiger partial charge in [0.05, 0.1) is 21.7 Å². The number of rotatable bonds is 2. The topological polar surface area (TPSA) is 169 Å². The fraction of sp³-hybridized carbons (Fsp3) is 0. The molecule has 0 saturated carbocycles. The molecule has 0 aliphatic heterocycles. The Morgan fingerprint density at radius 1 is 0.852 bits per heavy atom. The summed E-state index contributed by atoms with van der Waals surface area (Å²) in [4.78, 5) is 24.1. The van der Waals surface area contributed by atoms with Crippen LogP contribution < -0.4 is 35.3 Å². The molecule has 0 spiro atoms. The van der Waals surface area contributed by atoms with Gasteiger partial charge < -0.3 is 5.73 Å². The van der Waals surface area contributed by atoms with Crippen molar-refractivity contribution < 1.29 is 65.1 Å². The number of fused-ring (bicyclic) bond motifs is 2. The second-order valence-corrected chi connectivity index (χ2v) is 9.00. The summed E-state index contributed by atoms with van der Waals surface area (Å²) in [5, 5.41) is 0. The van der Waals surface area contributed by atoms with E-state index >= 15 is 0 Å². The summed E-state index contributed by atoms with van der Waals surface area (Å²) >= 11 is 2.97. The van der Waals surface area contributed by atoms with E-state index in [2.05, 4.69) is 15.9 Å². The van der Waals surface area contributed by atoms with Crippen molar-refractivity contribution in [1.29, 1.82) is 0 Å². The van der Waals surface area contributed by atoms with Crippen molar-refractivity contribution in [1.82, 2.24) is 0 Å². The molecule has 13 heteroatoms. The van der Waals surface area contributed by atoms with Gasteiger partial charge in [-0.3, -0.25) is 18.7 Å². The van der Waals surface area contributed by atoms with Crippen LogP contribution in [0.2, 0.25) is 0 Å². The van der Waals surface area contributed by atoms with E-state index in [1.807, 2.05) is 0 Å². The average molecular weight is 485 g/mol. The zero-order valence-corrected chi connectivity index (χ0v) is 18.6. The molecule has 2 aromatic rings. The van der Waals surface area contributed by atoms with Crippen LogP contribution in [-0.2, 0) is 20.2 Å². The Kier molecular flexibility index (Phi) is 5.78. The number of hydrogen-bond acceptors (Lipinski definition) is 7. The van der Waals surface area contributed by atoms with Crippen molar-refractivity contribution in [3.8, 4) is 0 Å². The number of anilines is 1. The number of nitrogens with two attached hydrogens (primary N) is 1. The number of halogens is 1. The molecule has 0 heterocycles. The summed E-state index contributed by atoms with van der Waals surface area (Å²) in [6.07, 6.45) is 0. The van der Waals surface area contributed by atoms with Crippen LogP contribution in [0.4, 0.5) is 5.69 Å². The normalized spacial score (nSPS) is 13.6. The summed E-state index contributed by atoms with van der Waals surface area (Å²) in [5.74, 6) is -1.64. The SMILES string of the molecule is Nc1c(S(=O)(=O)O)cc(Br)c2c1C(=O)c1ccc(S(=O)(=O)O)cc1C2=O.[Na+]. The van der Waals surface area contributed by atoms with Crippen molar-refractivity contribution in [3.63, 3.8) is 0 Å². The molecule has 0 atom stereocenters. The first-order valence-corrected chi connectivity index (χ1v) is 10.3. The summed E-state index contributed by atoms with van der Waals surface area (Å²) < 4.78 is 63.7. The summed E-state index contributed by atoms with van der Waals surface area (Å²) in [5.41, 5.74) is 3.88. The van der Waals surface area contributed by atoms with Crippen LogP contribution in [0, 0.1) is 0 Å². The number of ketones is 2. The fourth-order valence-electron chi connectivity index (χ4n) is 2.65. The molecule has 27 heavy (non-hydrogen) atoms. The van der Waals surface area contributed by atoms with E-state index in [1.54, 1.807) is 0 Å². The van der Waals surface area contributed by atoms with Crippen LogP contribution in [0.15, 0.2) is 38.5 Å². The minimum atomic E-state index is -4.76. The molecule has 0 bridgehead atoms. The Morgan fingerprint density at radius 3 is 1.93 bits per heavy atom. The number of carbonyl (C=O) groups is 2. The van der Waals surface area contributed by atoms with E-state index in [1.165, 1.54) is 0 Å². The molecule has 9 nitrogen and oxygen atoms in total. The van der Waals surface area contributed by atoms with Crippen LogP contribution in [0.25, 0.3) is 0 Å². The molecule has 1 aliphatic rings. The fourth-order valence-corrected chi connectivity index (χ4v) is 4.56. The number of benzene rings is 2. The number of carbonyl (C=O) groups excluding carboxylic acids is 2. The van der Waals surface area contributed by atoms with E-state index < -0.39 is 52.8 Å². The maximum atomic E-state index is 12.7. The summed E-state index contributed by atoms with van der Waals surface area (Å²) in [7, 11) is -9.38. The third-order valence-electron chi connectivity index (χ3n) is 3.79. The van der Waals surface area contributed by atoms with Gasteiger partial charge in [-0.25, -0.2) is 0 Å². The first-order valence-electron chi connectivity index (χ1n) is 6.64. The van der Waals surface area contributed by atoms with Crippen molar-refractivity contribution in [3.05, 3.63) is 51.0 Å². The first-order chi connectivity index (χ1) is 11.8. The quantitative estimate of drug-likeness (QED) is 0.218.